The van der Waals surface area contributed by atoms with Gasteiger partial charge in [0.25, 0.3) is 0 Å². The zero-order valence-corrected chi connectivity index (χ0v) is 13.2. The number of morpholine rings is 1. The number of guanidine groups is 1. The van der Waals surface area contributed by atoms with Crippen molar-refractivity contribution in [1.29, 1.82) is 0 Å². The zero-order chi connectivity index (χ0) is 15.2. The minimum Gasteiger partial charge on any atom is -0.378 e. The second-order valence-corrected chi connectivity index (χ2v) is 5.97. The molecule has 3 rings (SSSR count). The van der Waals surface area contributed by atoms with E-state index < -0.39 is 0 Å². The Morgan fingerprint density at radius 1 is 1.09 bits per heavy atom. The molecule has 1 unspecified atom stereocenters. The summed E-state index contributed by atoms with van der Waals surface area (Å²) >= 11 is 0. The van der Waals surface area contributed by atoms with Crippen molar-refractivity contribution in [2.24, 2.45) is 10.7 Å². The van der Waals surface area contributed by atoms with E-state index in [4.69, 9.17) is 15.5 Å². The van der Waals surface area contributed by atoms with Gasteiger partial charge in [-0.2, -0.15) is 0 Å². The third kappa shape index (κ3) is 3.78. The molecule has 2 aliphatic heterocycles. The largest absolute Gasteiger partial charge is 0.378 e. The molecule has 0 saturated carbocycles. The van der Waals surface area contributed by atoms with Crippen LogP contribution in [0, 0.1) is 0 Å². The van der Waals surface area contributed by atoms with E-state index in [-0.39, 0.29) is 0 Å². The lowest BCUT2D eigenvalue weighted by Crippen LogP contribution is -2.45. The average molecular weight is 302 g/mol. The van der Waals surface area contributed by atoms with Crippen LogP contribution < -0.4 is 5.73 Å². The fourth-order valence-electron chi connectivity index (χ4n) is 3.23. The maximum Gasteiger partial charge on any atom is 0.191 e. The van der Waals surface area contributed by atoms with Crippen molar-refractivity contribution in [3.05, 3.63) is 35.9 Å². The number of hydrogen-bond acceptors (Lipinski definition) is 3. The number of nitrogens with two attached hydrogens (primary N) is 1. The predicted molar refractivity (Wildman–Crippen MR) is 88.9 cm³/mol. The summed E-state index contributed by atoms with van der Waals surface area (Å²) in [4.78, 5) is 9.35. The highest BCUT2D eigenvalue weighted by atomic mass is 16.5. The maximum absolute atomic E-state index is 6.18. The van der Waals surface area contributed by atoms with E-state index in [2.05, 4.69) is 40.1 Å². The second kappa shape index (κ2) is 7.61. The van der Waals surface area contributed by atoms with Crippen LogP contribution in [0.5, 0.6) is 0 Å². The minimum atomic E-state index is 0.336. The monoisotopic (exact) mass is 302 g/mol. The number of benzene rings is 1. The van der Waals surface area contributed by atoms with Crippen LogP contribution in [0.3, 0.4) is 0 Å². The highest BCUT2D eigenvalue weighted by Gasteiger charge is 2.23. The van der Waals surface area contributed by atoms with Crippen molar-refractivity contribution in [2.45, 2.75) is 18.9 Å². The molecular formula is C17H26N4O. The van der Waals surface area contributed by atoms with Gasteiger partial charge in [-0.3, -0.25) is 9.89 Å². The summed E-state index contributed by atoms with van der Waals surface area (Å²) in [5.41, 5.74) is 7.51. The Labute approximate surface area is 132 Å². The molecule has 2 aliphatic rings. The second-order valence-electron chi connectivity index (χ2n) is 5.97. The molecule has 0 radical (unpaired) electrons. The molecule has 0 spiro atoms. The van der Waals surface area contributed by atoms with E-state index in [1.54, 1.807) is 0 Å². The third-order valence-corrected chi connectivity index (χ3v) is 4.53. The van der Waals surface area contributed by atoms with Crippen LogP contribution >= 0.6 is 0 Å². The molecule has 22 heavy (non-hydrogen) atoms. The molecule has 2 N–H and O–H groups in total. The number of hydrogen-bond donors (Lipinski definition) is 1. The van der Waals surface area contributed by atoms with Crippen molar-refractivity contribution in [2.75, 3.05) is 45.9 Å². The Morgan fingerprint density at radius 2 is 1.77 bits per heavy atom. The molecule has 0 aromatic heterocycles. The molecule has 0 bridgehead atoms. The van der Waals surface area contributed by atoms with Gasteiger partial charge >= 0.3 is 0 Å². The van der Waals surface area contributed by atoms with Crippen molar-refractivity contribution in [3.63, 3.8) is 0 Å². The number of likely N-dealkylation sites (tertiary alicyclic amines) is 1. The van der Waals surface area contributed by atoms with Gasteiger partial charge in [-0.25, -0.2) is 0 Å². The van der Waals surface area contributed by atoms with Gasteiger partial charge in [0.1, 0.15) is 0 Å². The van der Waals surface area contributed by atoms with E-state index in [1.165, 1.54) is 18.4 Å². The van der Waals surface area contributed by atoms with Gasteiger partial charge in [0.15, 0.2) is 5.96 Å². The van der Waals surface area contributed by atoms with Crippen LogP contribution in [-0.2, 0) is 4.74 Å². The number of rotatable bonds is 4. The topological polar surface area (TPSA) is 54.1 Å². The number of nitrogens with zero attached hydrogens (tertiary/aromatic N) is 3. The molecular weight excluding hydrogens is 276 g/mol. The van der Waals surface area contributed by atoms with Crippen LogP contribution in [-0.4, -0.2) is 61.7 Å². The number of aliphatic imine (C=N–C) groups is 1. The minimum absolute atomic E-state index is 0.336. The summed E-state index contributed by atoms with van der Waals surface area (Å²) in [7, 11) is 0. The molecule has 0 aliphatic carbocycles. The first-order chi connectivity index (χ1) is 10.8. The third-order valence-electron chi connectivity index (χ3n) is 4.53. The number of ether oxygens (including phenoxy) is 1. The van der Waals surface area contributed by atoms with Gasteiger partial charge in [-0.15, -0.1) is 0 Å². The van der Waals surface area contributed by atoms with E-state index in [9.17, 15) is 0 Å². The standard InChI is InChI=1S/C17H26N4O/c18-17(21-10-12-22-13-11-21)19-14-16(20-8-4-5-9-20)15-6-2-1-3-7-15/h1-3,6-7,16H,4-5,8-14H2,(H2,18,19). The Balaban J connectivity index is 1.69. The smallest absolute Gasteiger partial charge is 0.191 e. The first kappa shape index (κ1) is 15.3. The maximum atomic E-state index is 6.18. The van der Waals surface area contributed by atoms with Crippen LogP contribution in [0.4, 0.5) is 0 Å². The van der Waals surface area contributed by atoms with E-state index >= 15 is 0 Å². The van der Waals surface area contributed by atoms with Gasteiger partial charge in [-0.05, 0) is 31.5 Å². The quantitative estimate of drug-likeness (QED) is 0.676. The molecule has 1 atom stereocenters. The summed E-state index contributed by atoms with van der Waals surface area (Å²) in [5.74, 6) is 0.656. The first-order valence-electron chi connectivity index (χ1n) is 8.26. The van der Waals surface area contributed by atoms with Crippen molar-refractivity contribution in [1.82, 2.24) is 9.80 Å². The molecule has 2 saturated heterocycles. The SMILES string of the molecule is NC(=NCC(c1ccccc1)N1CCCC1)N1CCOCC1. The molecule has 5 heteroatoms. The summed E-state index contributed by atoms with van der Waals surface area (Å²) in [6, 6.07) is 11.0. The lowest BCUT2D eigenvalue weighted by Gasteiger charge is -2.29. The Hall–Kier alpha value is -1.59. The molecule has 1 aromatic carbocycles. The van der Waals surface area contributed by atoms with E-state index in [0.717, 1.165) is 45.9 Å². The zero-order valence-electron chi connectivity index (χ0n) is 13.2. The van der Waals surface area contributed by atoms with E-state index in [1.807, 2.05) is 0 Å². The molecule has 2 heterocycles. The summed E-state index contributed by atoms with van der Waals surface area (Å²) in [5, 5.41) is 0. The van der Waals surface area contributed by atoms with Crippen LogP contribution in [0.15, 0.2) is 35.3 Å². The average Bonchev–Trinajstić information content (AvgIpc) is 3.11. The van der Waals surface area contributed by atoms with Crippen molar-refractivity contribution in [3.8, 4) is 0 Å². The van der Waals surface area contributed by atoms with Gasteiger partial charge in [0.05, 0.1) is 25.8 Å². The Morgan fingerprint density at radius 3 is 2.45 bits per heavy atom. The van der Waals surface area contributed by atoms with E-state index in [0.29, 0.717) is 12.0 Å². The van der Waals surface area contributed by atoms with Gasteiger partial charge in [-0.1, -0.05) is 30.3 Å². The molecule has 0 amide bonds. The molecule has 5 nitrogen and oxygen atoms in total. The van der Waals surface area contributed by atoms with Crippen molar-refractivity contribution < 1.29 is 4.74 Å². The first-order valence-corrected chi connectivity index (χ1v) is 8.26. The lowest BCUT2D eigenvalue weighted by atomic mass is 10.1. The Kier molecular flexibility index (Phi) is 5.29. The highest BCUT2D eigenvalue weighted by molar-refractivity contribution is 5.78. The fraction of sp³-hybridized carbons (Fsp3) is 0.588. The van der Waals surface area contributed by atoms with Crippen LogP contribution in [0.25, 0.3) is 0 Å². The van der Waals surface area contributed by atoms with Crippen LogP contribution in [0.2, 0.25) is 0 Å². The summed E-state index contributed by atoms with van der Waals surface area (Å²) < 4.78 is 5.37. The van der Waals surface area contributed by atoms with Crippen LogP contribution in [0.1, 0.15) is 24.4 Å². The van der Waals surface area contributed by atoms with Gasteiger partial charge < -0.3 is 15.4 Å². The lowest BCUT2D eigenvalue weighted by molar-refractivity contribution is 0.0673. The molecule has 1 aromatic rings. The Bertz CT molecular complexity index is 479. The van der Waals surface area contributed by atoms with Gasteiger partial charge in [0.2, 0.25) is 0 Å². The molecule has 2 fully saturated rings. The fourth-order valence-corrected chi connectivity index (χ4v) is 3.23. The summed E-state index contributed by atoms with van der Waals surface area (Å²) in [6.45, 7) is 6.21. The highest BCUT2D eigenvalue weighted by Crippen LogP contribution is 2.25. The predicted octanol–water partition coefficient (Wildman–Crippen LogP) is 1.47. The van der Waals surface area contributed by atoms with Gasteiger partial charge in [0, 0.05) is 13.1 Å². The van der Waals surface area contributed by atoms with Crippen molar-refractivity contribution >= 4 is 5.96 Å². The summed E-state index contributed by atoms with van der Waals surface area (Å²) in [6.07, 6.45) is 2.57. The normalized spacial score (nSPS) is 22.0. The molecule has 120 valence electrons.